The summed E-state index contributed by atoms with van der Waals surface area (Å²) in [5, 5.41) is 68.6. The molecule has 8 heteroatoms. The summed E-state index contributed by atoms with van der Waals surface area (Å²) in [6, 6.07) is 0. The quantitative estimate of drug-likeness (QED) is 0.230. The Kier molecular flexibility index (Phi) is 10.1. The summed E-state index contributed by atoms with van der Waals surface area (Å²) < 4.78 is 6.15. The van der Waals surface area contributed by atoms with E-state index in [1.165, 1.54) is 0 Å². The van der Waals surface area contributed by atoms with Gasteiger partial charge < -0.3 is 40.5 Å². The molecule has 166 valence electrons. The van der Waals surface area contributed by atoms with Gasteiger partial charge in [0.2, 0.25) is 0 Å². The largest absolute Gasteiger partial charge is 0.396 e. The number of rotatable bonds is 10. The number of hydrogen-bond acceptors (Lipinski definition) is 8. The average molecular weight is 407 g/mol. The predicted molar refractivity (Wildman–Crippen MR) is 101 cm³/mol. The maximum Gasteiger partial charge on any atom is 0.0625 e. The first kappa shape index (κ1) is 24.0. The highest BCUT2D eigenvalue weighted by Crippen LogP contribution is 2.46. The van der Waals surface area contributed by atoms with Gasteiger partial charge in [-0.25, -0.2) is 0 Å². The van der Waals surface area contributed by atoms with Crippen molar-refractivity contribution in [3.63, 3.8) is 0 Å². The van der Waals surface area contributed by atoms with E-state index in [0.29, 0.717) is 6.42 Å². The van der Waals surface area contributed by atoms with Gasteiger partial charge in [0.25, 0.3) is 0 Å². The molecule has 0 saturated heterocycles. The molecule has 0 aromatic rings. The maximum absolute atomic E-state index is 9.99. The normalized spacial score (nSPS) is 41.9. The molecule has 0 aliphatic heterocycles. The fourth-order valence-corrected chi connectivity index (χ4v) is 5.65. The van der Waals surface area contributed by atoms with Crippen LogP contribution >= 0.6 is 0 Å². The minimum atomic E-state index is -0.397. The van der Waals surface area contributed by atoms with Crippen LogP contribution in [0.1, 0.15) is 19.3 Å². The molecule has 2 rings (SSSR count). The molecule has 2 aliphatic rings. The second-order valence-corrected chi connectivity index (χ2v) is 8.57. The number of ether oxygens (including phenoxy) is 1. The lowest BCUT2D eigenvalue weighted by atomic mass is 9.57. The van der Waals surface area contributed by atoms with Gasteiger partial charge in [0.1, 0.15) is 0 Å². The van der Waals surface area contributed by atoms with Crippen molar-refractivity contribution in [3.8, 4) is 0 Å². The molecule has 7 N–H and O–H groups in total. The summed E-state index contributed by atoms with van der Waals surface area (Å²) in [5.74, 6) is -2.06. The monoisotopic (exact) mass is 406 g/mol. The minimum Gasteiger partial charge on any atom is -0.396 e. The summed E-state index contributed by atoms with van der Waals surface area (Å²) in [5.41, 5.74) is 0. The predicted octanol–water partition coefficient (Wildman–Crippen LogP) is -1.56. The van der Waals surface area contributed by atoms with Crippen molar-refractivity contribution < 1.29 is 40.5 Å². The van der Waals surface area contributed by atoms with Crippen LogP contribution in [0.4, 0.5) is 0 Å². The van der Waals surface area contributed by atoms with E-state index in [0.717, 1.165) is 12.8 Å². The van der Waals surface area contributed by atoms with Gasteiger partial charge in [-0.1, -0.05) is 0 Å². The minimum absolute atomic E-state index is 0.0240. The highest BCUT2D eigenvalue weighted by Gasteiger charge is 2.49. The topological polar surface area (TPSA) is 151 Å². The molecule has 7 unspecified atom stereocenters. The Hall–Kier alpha value is -0.320. The van der Waals surface area contributed by atoms with Crippen molar-refractivity contribution in [2.45, 2.75) is 25.4 Å². The second-order valence-electron chi connectivity index (χ2n) is 8.57. The molecular formula is C20H38O8. The number of aliphatic hydroxyl groups is 7. The van der Waals surface area contributed by atoms with E-state index in [2.05, 4.69) is 0 Å². The lowest BCUT2D eigenvalue weighted by molar-refractivity contribution is -0.142. The maximum atomic E-state index is 9.99. The Morgan fingerprint density at radius 2 is 1.00 bits per heavy atom. The zero-order valence-electron chi connectivity index (χ0n) is 16.5. The molecular weight excluding hydrogens is 368 g/mol. The molecule has 0 aromatic heterocycles. The van der Waals surface area contributed by atoms with Crippen LogP contribution in [0.15, 0.2) is 0 Å². The van der Waals surface area contributed by atoms with Crippen LogP contribution in [0.3, 0.4) is 0 Å². The van der Waals surface area contributed by atoms with Gasteiger partial charge in [0.15, 0.2) is 0 Å². The molecule has 2 aliphatic carbocycles. The fourth-order valence-electron chi connectivity index (χ4n) is 5.65. The van der Waals surface area contributed by atoms with E-state index in [4.69, 9.17) is 4.74 Å². The summed E-state index contributed by atoms with van der Waals surface area (Å²) >= 11 is 0. The molecule has 0 heterocycles. The standard InChI is InChI=1S/C20H38O8/c21-4-12-1-2-20(13(3-12)5-22)28-11-19-17(9-26)15(7-24)14(6-23)16(8-25)18(19)10-27/h12-27H,1-11H2. The van der Waals surface area contributed by atoms with Crippen LogP contribution in [0, 0.1) is 47.3 Å². The van der Waals surface area contributed by atoms with Gasteiger partial charge in [-0.05, 0) is 60.7 Å². The third kappa shape index (κ3) is 5.05. The molecule has 8 nitrogen and oxygen atoms in total. The summed E-state index contributed by atoms with van der Waals surface area (Å²) in [6.45, 7) is -0.754. The van der Waals surface area contributed by atoms with E-state index >= 15 is 0 Å². The van der Waals surface area contributed by atoms with Crippen LogP contribution in [-0.2, 0) is 4.74 Å². The summed E-state index contributed by atoms with van der Waals surface area (Å²) in [6.07, 6.45) is 2.07. The Balaban J connectivity index is 2.13. The summed E-state index contributed by atoms with van der Waals surface area (Å²) in [7, 11) is 0. The molecule has 0 bridgehead atoms. The number of aliphatic hydroxyl groups excluding tert-OH is 7. The molecule has 0 amide bonds. The number of hydrogen-bond donors (Lipinski definition) is 7. The molecule has 0 radical (unpaired) electrons. The SMILES string of the molecule is OCC1CCC(OCC2C(CO)C(CO)C(CO)C(CO)C2CO)C(CO)C1. The Labute approximate surface area is 166 Å². The Morgan fingerprint density at radius 3 is 1.39 bits per heavy atom. The van der Waals surface area contributed by atoms with Crippen molar-refractivity contribution in [2.24, 2.45) is 47.3 Å². The third-order valence-electron chi connectivity index (χ3n) is 7.37. The lowest BCUT2D eigenvalue weighted by Gasteiger charge is -2.50. The highest BCUT2D eigenvalue weighted by atomic mass is 16.5. The molecule has 0 aromatic carbocycles. The van der Waals surface area contributed by atoms with Gasteiger partial charge >= 0.3 is 0 Å². The smallest absolute Gasteiger partial charge is 0.0625 e. The van der Waals surface area contributed by atoms with Crippen molar-refractivity contribution >= 4 is 0 Å². The zero-order chi connectivity index (χ0) is 20.7. The van der Waals surface area contributed by atoms with Crippen LogP contribution in [0.25, 0.3) is 0 Å². The van der Waals surface area contributed by atoms with Crippen LogP contribution in [0.2, 0.25) is 0 Å². The van der Waals surface area contributed by atoms with Crippen LogP contribution in [0.5, 0.6) is 0 Å². The average Bonchev–Trinajstić information content (AvgIpc) is 2.75. The van der Waals surface area contributed by atoms with Gasteiger partial charge in [-0.15, -0.1) is 0 Å². The van der Waals surface area contributed by atoms with E-state index in [9.17, 15) is 35.7 Å². The van der Waals surface area contributed by atoms with Gasteiger partial charge in [0, 0.05) is 52.2 Å². The molecule has 2 saturated carbocycles. The van der Waals surface area contributed by atoms with Gasteiger partial charge in [-0.3, -0.25) is 0 Å². The molecule has 0 spiro atoms. The van der Waals surface area contributed by atoms with E-state index < -0.39 is 5.92 Å². The first-order valence-electron chi connectivity index (χ1n) is 10.5. The van der Waals surface area contributed by atoms with E-state index in [1.54, 1.807) is 0 Å². The molecule has 28 heavy (non-hydrogen) atoms. The lowest BCUT2D eigenvalue weighted by Crippen LogP contribution is -2.54. The van der Waals surface area contributed by atoms with Gasteiger partial charge in [0.05, 0.1) is 12.7 Å². The van der Waals surface area contributed by atoms with Crippen LogP contribution in [-0.4, -0.2) is 94.7 Å². The first-order valence-corrected chi connectivity index (χ1v) is 10.5. The first-order chi connectivity index (χ1) is 13.6. The highest BCUT2D eigenvalue weighted by molar-refractivity contribution is 4.96. The molecule has 7 atom stereocenters. The molecule has 2 fully saturated rings. The van der Waals surface area contributed by atoms with Crippen molar-refractivity contribution in [3.05, 3.63) is 0 Å². The zero-order valence-corrected chi connectivity index (χ0v) is 16.5. The van der Waals surface area contributed by atoms with E-state index in [-0.39, 0.29) is 100 Å². The second kappa shape index (κ2) is 11.8. The summed E-state index contributed by atoms with van der Waals surface area (Å²) in [4.78, 5) is 0. The fraction of sp³-hybridized carbons (Fsp3) is 1.00. The van der Waals surface area contributed by atoms with E-state index in [1.807, 2.05) is 0 Å². The van der Waals surface area contributed by atoms with Crippen molar-refractivity contribution in [1.29, 1.82) is 0 Å². The van der Waals surface area contributed by atoms with Crippen LogP contribution < -0.4 is 0 Å². The Bertz CT molecular complexity index is 416. The van der Waals surface area contributed by atoms with Crippen molar-refractivity contribution in [1.82, 2.24) is 0 Å². The van der Waals surface area contributed by atoms with Gasteiger partial charge in [-0.2, -0.15) is 0 Å². The third-order valence-corrected chi connectivity index (χ3v) is 7.37. The Morgan fingerprint density at radius 1 is 0.536 bits per heavy atom. The van der Waals surface area contributed by atoms with Crippen molar-refractivity contribution in [2.75, 3.05) is 52.9 Å².